The highest BCUT2D eigenvalue weighted by Crippen LogP contribution is 2.69. The molecule has 2 fully saturated rings. The predicted octanol–water partition coefficient (Wildman–Crippen LogP) is 4.14. The van der Waals surface area contributed by atoms with Crippen molar-refractivity contribution in [1.82, 2.24) is 4.90 Å². The van der Waals surface area contributed by atoms with Crippen molar-refractivity contribution in [3.05, 3.63) is 34.4 Å². The van der Waals surface area contributed by atoms with Gasteiger partial charge in [-0.3, -0.25) is 14.9 Å². The minimum absolute atomic E-state index is 0.181. The molecule has 0 radical (unpaired) electrons. The number of carbonyl (C=O) groups is 1. The van der Waals surface area contributed by atoms with Crippen LogP contribution in [0.3, 0.4) is 0 Å². The number of amides is 1. The van der Waals surface area contributed by atoms with Gasteiger partial charge in [0.25, 0.3) is 11.6 Å². The summed E-state index contributed by atoms with van der Waals surface area (Å²) in [6.07, 6.45) is 0. The monoisotopic (exact) mass is 515 g/mol. The van der Waals surface area contributed by atoms with Crippen LogP contribution in [0.4, 0.5) is 59.7 Å². The van der Waals surface area contributed by atoms with Crippen molar-refractivity contribution in [3.8, 4) is 0 Å². The first kappa shape index (κ1) is 25.7. The van der Waals surface area contributed by atoms with Crippen molar-refractivity contribution in [2.45, 2.75) is 35.3 Å². The maximum absolute atomic E-state index is 14.9. The molecule has 0 bridgehead atoms. The molecule has 1 aromatic rings. The average molecular weight is 515 g/mol. The maximum atomic E-state index is 14.9. The van der Waals surface area contributed by atoms with Gasteiger partial charge in [-0.15, -0.1) is 0 Å². The maximum Gasteiger partial charge on any atom is 0.384 e. The van der Waals surface area contributed by atoms with Crippen molar-refractivity contribution in [2.24, 2.45) is 0 Å². The van der Waals surface area contributed by atoms with Crippen LogP contribution in [0.1, 0.15) is 0 Å². The fourth-order valence-corrected chi connectivity index (χ4v) is 3.66. The third-order valence-electron chi connectivity index (χ3n) is 5.73. The Labute approximate surface area is 182 Å². The van der Waals surface area contributed by atoms with Gasteiger partial charge in [0.05, 0.1) is 4.92 Å². The Bertz CT molecular complexity index is 962. The fourth-order valence-electron chi connectivity index (χ4n) is 3.66. The van der Waals surface area contributed by atoms with E-state index in [4.69, 9.17) is 0 Å². The summed E-state index contributed by atoms with van der Waals surface area (Å²) < 4.78 is 152. The van der Waals surface area contributed by atoms with Gasteiger partial charge in [0.15, 0.2) is 0 Å². The molecule has 0 N–H and O–H groups in total. The molecule has 0 spiro atoms. The summed E-state index contributed by atoms with van der Waals surface area (Å²) in [5.74, 6) is -39.7. The molecule has 3 rings (SSSR count). The van der Waals surface area contributed by atoms with E-state index in [1.165, 1.54) is 17.0 Å². The highest BCUT2D eigenvalue weighted by atomic mass is 19.4. The number of non-ortho nitro benzene ring substituents is 1. The van der Waals surface area contributed by atoms with E-state index in [0.717, 1.165) is 12.1 Å². The van der Waals surface area contributed by atoms with Gasteiger partial charge >= 0.3 is 35.3 Å². The molecule has 1 amide bonds. The molecular weight excluding hydrogens is 503 g/mol. The molecule has 1 aliphatic carbocycles. The zero-order chi connectivity index (χ0) is 26.1. The van der Waals surface area contributed by atoms with Crippen LogP contribution >= 0.6 is 0 Å². The van der Waals surface area contributed by atoms with E-state index < -0.39 is 72.3 Å². The number of rotatable bonds is 3. The molecule has 190 valence electrons. The summed E-state index contributed by atoms with van der Waals surface area (Å²) in [5.41, 5.74) is -6.79. The lowest BCUT2D eigenvalue weighted by molar-refractivity contribution is -0.477. The van der Waals surface area contributed by atoms with Crippen LogP contribution in [0.15, 0.2) is 24.3 Å². The first-order chi connectivity index (χ1) is 15.3. The third-order valence-corrected chi connectivity index (χ3v) is 5.73. The van der Waals surface area contributed by atoms with Gasteiger partial charge in [0, 0.05) is 44.0 Å². The second-order valence-electron chi connectivity index (χ2n) is 7.58. The molecule has 1 saturated heterocycles. The SMILES string of the molecule is O=C(N1CCN(c2ccc([N+](=O)[O-])cc2)CC1)C1(F)C(F)(F)C(F)(F)C(F)(F)C(F)(F)C1(F)F. The number of nitro groups is 1. The molecule has 1 aliphatic heterocycles. The number of nitrogens with zero attached hydrogens (tertiary/aromatic N) is 3. The quantitative estimate of drug-likeness (QED) is 0.345. The molecule has 34 heavy (non-hydrogen) atoms. The van der Waals surface area contributed by atoms with E-state index in [1.54, 1.807) is 0 Å². The van der Waals surface area contributed by atoms with Gasteiger partial charge < -0.3 is 9.80 Å². The summed E-state index contributed by atoms with van der Waals surface area (Å²) in [6.45, 7) is -2.78. The van der Waals surface area contributed by atoms with E-state index in [9.17, 15) is 63.2 Å². The molecule has 2 aliphatic rings. The Morgan fingerprint density at radius 2 is 1.09 bits per heavy atom. The zero-order valence-corrected chi connectivity index (χ0v) is 16.4. The van der Waals surface area contributed by atoms with Crippen LogP contribution in [0, 0.1) is 10.1 Å². The van der Waals surface area contributed by atoms with Crippen molar-refractivity contribution >= 4 is 17.3 Å². The zero-order valence-electron chi connectivity index (χ0n) is 16.4. The Hall–Kier alpha value is -2.88. The molecule has 0 atom stereocenters. The molecule has 6 nitrogen and oxygen atoms in total. The molecule has 17 heteroatoms. The lowest BCUT2D eigenvalue weighted by Crippen LogP contribution is -2.86. The molecule has 1 aromatic carbocycles. The average Bonchev–Trinajstić information content (AvgIpc) is 2.76. The molecular formula is C17H12F11N3O3. The lowest BCUT2D eigenvalue weighted by Gasteiger charge is -2.52. The fraction of sp³-hybridized carbons (Fsp3) is 0.588. The van der Waals surface area contributed by atoms with Gasteiger partial charge in [-0.1, -0.05) is 0 Å². The Kier molecular flexibility index (Phi) is 5.53. The summed E-state index contributed by atoms with van der Waals surface area (Å²) >= 11 is 0. The Balaban J connectivity index is 1.91. The standard InChI is InChI=1S/C17H12F11N3O3/c18-12(13(19,20)15(23,24)17(27,28)16(25,26)14(12,21)22)11(32)30-7-5-29(6-8-30)9-1-3-10(4-2-9)31(33)34/h1-4H,5-8H2. The largest absolute Gasteiger partial charge is 0.384 e. The number of carbonyl (C=O) groups excluding carboxylic acids is 1. The van der Waals surface area contributed by atoms with Crippen LogP contribution in [0.25, 0.3) is 0 Å². The number of benzene rings is 1. The van der Waals surface area contributed by atoms with Crippen LogP contribution in [0.2, 0.25) is 0 Å². The topological polar surface area (TPSA) is 66.7 Å². The van der Waals surface area contributed by atoms with Crippen molar-refractivity contribution in [3.63, 3.8) is 0 Å². The number of halogens is 11. The number of alkyl halides is 11. The smallest absolute Gasteiger partial charge is 0.368 e. The van der Waals surface area contributed by atoms with Crippen molar-refractivity contribution in [1.29, 1.82) is 0 Å². The van der Waals surface area contributed by atoms with Crippen LogP contribution in [-0.2, 0) is 4.79 Å². The number of hydrogen-bond acceptors (Lipinski definition) is 4. The Morgan fingerprint density at radius 3 is 1.47 bits per heavy atom. The van der Waals surface area contributed by atoms with Crippen LogP contribution in [0.5, 0.6) is 0 Å². The van der Waals surface area contributed by atoms with Crippen molar-refractivity contribution < 1.29 is 58.0 Å². The minimum Gasteiger partial charge on any atom is -0.368 e. The van der Waals surface area contributed by atoms with E-state index in [-0.39, 0.29) is 16.3 Å². The number of piperazine rings is 1. The van der Waals surface area contributed by atoms with Crippen LogP contribution in [-0.4, -0.2) is 77.2 Å². The first-order valence-electron chi connectivity index (χ1n) is 9.16. The number of anilines is 1. The van der Waals surface area contributed by atoms with Gasteiger partial charge in [0.2, 0.25) is 0 Å². The summed E-state index contributed by atoms with van der Waals surface area (Å²) in [5, 5.41) is 10.7. The minimum atomic E-state index is -7.39. The van der Waals surface area contributed by atoms with Gasteiger partial charge in [-0.05, 0) is 12.1 Å². The van der Waals surface area contributed by atoms with E-state index in [2.05, 4.69) is 0 Å². The number of nitro benzene ring substituents is 1. The molecule has 1 heterocycles. The molecule has 0 aromatic heterocycles. The van der Waals surface area contributed by atoms with Crippen LogP contribution < -0.4 is 4.90 Å². The number of hydrogen-bond donors (Lipinski definition) is 0. The summed E-state index contributed by atoms with van der Waals surface area (Å²) in [6, 6.07) is 4.52. The predicted molar refractivity (Wildman–Crippen MR) is 90.5 cm³/mol. The van der Waals surface area contributed by atoms with E-state index in [0.29, 0.717) is 0 Å². The molecule has 0 unspecified atom stereocenters. The summed E-state index contributed by atoms with van der Waals surface area (Å²) in [7, 11) is 0. The molecule has 1 saturated carbocycles. The van der Waals surface area contributed by atoms with E-state index >= 15 is 0 Å². The van der Waals surface area contributed by atoms with Gasteiger partial charge in [0.1, 0.15) is 0 Å². The van der Waals surface area contributed by atoms with Crippen molar-refractivity contribution in [2.75, 3.05) is 31.1 Å². The highest BCUT2D eigenvalue weighted by molar-refractivity contribution is 5.89. The third kappa shape index (κ3) is 2.90. The van der Waals surface area contributed by atoms with Gasteiger partial charge in [-0.2, -0.15) is 43.9 Å². The summed E-state index contributed by atoms with van der Waals surface area (Å²) in [4.78, 5) is 23.3. The van der Waals surface area contributed by atoms with E-state index in [1.807, 2.05) is 0 Å². The first-order valence-corrected chi connectivity index (χ1v) is 9.16. The highest BCUT2D eigenvalue weighted by Gasteiger charge is 3.03. The second kappa shape index (κ2) is 7.31. The van der Waals surface area contributed by atoms with Gasteiger partial charge in [-0.25, -0.2) is 4.39 Å². The Morgan fingerprint density at radius 1 is 0.706 bits per heavy atom. The second-order valence-corrected chi connectivity index (χ2v) is 7.58. The normalized spacial score (nSPS) is 26.1. The lowest BCUT2D eigenvalue weighted by atomic mass is 9.71.